The molecule has 0 fully saturated rings. The molecule has 0 aliphatic heterocycles. The van der Waals surface area contributed by atoms with Crippen LogP contribution in [0.3, 0.4) is 0 Å². The van der Waals surface area contributed by atoms with E-state index in [0.29, 0.717) is 6.42 Å². The van der Waals surface area contributed by atoms with E-state index in [4.69, 9.17) is 13.6 Å². The average molecular weight is 615 g/mol. The monoisotopic (exact) mass is 614 g/mol. The molecule has 0 aromatic rings. The highest BCUT2D eigenvalue weighted by molar-refractivity contribution is 6.74. The van der Waals surface area contributed by atoms with Crippen LogP contribution in [0.2, 0.25) is 36.3 Å². The molecule has 0 aliphatic carbocycles. The summed E-state index contributed by atoms with van der Waals surface area (Å²) in [5.74, 6) is -0.113. The Morgan fingerprint density at radius 2 is 1.20 bits per heavy atom. The van der Waals surface area contributed by atoms with Crippen LogP contribution in [0.1, 0.15) is 140 Å². The number of carbonyl (C=O) groups is 1. The predicted octanol–water partition coefficient (Wildman–Crippen LogP) is 10.3. The summed E-state index contributed by atoms with van der Waals surface area (Å²) in [7, 11) is -4.08. The number of unbranched alkanes of at least 4 members (excludes halogenated alkanes) is 6. The number of aliphatic hydroxyl groups is 1. The van der Waals surface area contributed by atoms with Crippen molar-refractivity contribution >= 4 is 22.6 Å². The molecule has 0 saturated heterocycles. The molecule has 0 bridgehead atoms. The van der Waals surface area contributed by atoms with Crippen LogP contribution in [0.15, 0.2) is 12.2 Å². The third-order valence-electron chi connectivity index (χ3n) is 8.77. The molecule has 0 saturated carbocycles. The van der Waals surface area contributed by atoms with Gasteiger partial charge in [0, 0.05) is 6.42 Å². The number of ether oxygens (including phenoxy) is 1. The minimum Gasteiger partial charge on any atom is -0.460 e. The zero-order valence-electron chi connectivity index (χ0n) is 29.7. The van der Waals surface area contributed by atoms with Gasteiger partial charge in [0.1, 0.15) is 5.60 Å². The lowest BCUT2D eigenvalue weighted by molar-refractivity contribution is -0.154. The second-order valence-corrected chi connectivity index (χ2v) is 25.6. The summed E-state index contributed by atoms with van der Waals surface area (Å²) in [5, 5.41) is 11.1. The van der Waals surface area contributed by atoms with E-state index in [9.17, 15) is 9.90 Å². The fourth-order valence-electron chi connectivity index (χ4n) is 4.08. The van der Waals surface area contributed by atoms with Gasteiger partial charge in [-0.25, -0.2) is 0 Å². The molecule has 1 N–H and O–H groups in total. The van der Waals surface area contributed by atoms with Crippen LogP contribution in [0, 0.1) is 0 Å². The lowest BCUT2D eigenvalue weighted by atomic mass is 10.0. The third-order valence-corrected chi connectivity index (χ3v) is 17.7. The van der Waals surface area contributed by atoms with Gasteiger partial charge in [-0.3, -0.25) is 4.79 Å². The SMILES string of the molecule is CCCCC[C@H](O[Si](C)(C)C(C)(C)C)[C@H](/C=C/[C@@H](O)CCCCCCCC(=O)OC(C)(C)C)O[Si](C)(C)C(C)(C)C. The van der Waals surface area contributed by atoms with Crippen LogP contribution in [0.4, 0.5) is 0 Å². The van der Waals surface area contributed by atoms with Crippen molar-refractivity contribution in [2.24, 2.45) is 0 Å². The number of rotatable bonds is 19. The van der Waals surface area contributed by atoms with Gasteiger partial charge in [0.05, 0.1) is 18.3 Å². The molecule has 0 aromatic heterocycles. The van der Waals surface area contributed by atoms with Crippen molar-refractivity contribution in [3.63, 3.8) is 0 Å². The van der Waals surface area contributed by atoms with E-state index >= 15 is 0 Å². The van der Waals surface area contributed by atoms with Gasteiger partial charge in [0.2, 0.25) is 0 Å². The lowest BCUT2D eigenvalue weighted by Crippen LogP contribution is -2.51. The topological polar surface area (TPSA) is 65.0 Å². The summed E-state index contributed by atoms with van der Waals surface area (Å²) >= 11 is 0. The predicted molar refractivity (Wildman–Crippen MR) is 182 cm³/mol. The molecule has 0 rings (SSSR count). The molecule has 3 atom stereocenters. The second-order valence-electron chi connectivity index (χ2n) is 16.1. The molecule has 0 amide bonds. The van der Waals surface area contributed by atoms with Crippen LogP contribution in [-0.2, 0) is 18.4 Å². The maximum absolute atomic E-state index is 11.9. The Morgan fingerprint density at radius 1 is 0.707 bits per heavy atom. The summed E-state index contributed by atoms with van der Waals surface area (Å²) in [6.45, 7) is 31.0. The molecular formula is C34H70O5Si2. The lowest BCUT2D eigenvalue weighted by Gasteiger charge is -2.44. The number of carbonyl (C=O) groups excluding carboxylic acids is 1. The molecule has 0 aromatic carbocycles. The Labute approximate surface area is 257 Å². The smallest absolute Gasteiger partial charge is 0.306 e. The summed E-state index contributed by atoms with van der Waals surface area (Å²) in [6.07, 6.45) is 14.0. The normalized spacial score (nSPS) is 16.2. The van der Waals surface area contributed by atoms with E-state index in [1.54, 1.807) is 0 Å². The number of aliphatic hydroxyl groups excluding tert-OH is 1. The van der Waals surface area contributed by atoms with Crippen molar-refractivity contribution in [1.29, 1.82) is 0 Å². The Bertz CT molecular complexity index is 757. The largest absolute Gasteiger partial charge is 0.460 e. The average Bonchev–Trinajstić information content (AvgIpc) is 2.77. The summed E-state index contributed by atoms with van der Waals surface area (Å²) in [4.78, 5) is 11.9. The molecule has 41 heavy (non-hydrogen) atoms. The van der Waals surface area contributed by atoms with Crippen molar-refractivity contribution < 1.29 is 23.5 Å². The summed E-state index contributed by atoms with van der Waals surface area (Å²) in [6, 6.07) is 0. The fourth-order valence-corrected chi connectivity index (χ4v) is 6.70. The summed E-state index contributed by atoms with van der Waals surface area (Å²) in [5.41, 5.74) is -0.415. The number of hydrogen-bond acceptors (Lipinski definition) is 5. The van der Waals surface area contributed by atoms with E-state index in [0.717, 1.165) is 51.4 Å². The van der Waals surface area contributed by atoms with E-state index in [1.807, 2.05) is 26.8 Å². The van der Waals surface area contributed by atoms with E-state index in [2.05, 4.69) is 80.7 Å². The zero-order valence-corrected chi connectivity index (χ0v) is 31.7. The summed E-state index contributed by atoms with van der Waals surface area (Å²) < 4.78 is 19.5. The zero-order chi connectivity index (χ0) is 32.1. The maximum atomic E-state index is 11.9. The maximum Gasteiger partial charge on any atom is 0.306 e. The quantitative estimate of drug-likeness (QED) is 0.0678. The van der Waals surface area contributed by atoms with Crippen molar-refractivity contribution in [1.82, 2.24) is 0 Å². The molecule has 0 radical (unpaired) electrons. The van der Waals surface area contributed by atoms with Gasteiger partial charge >= 0.3 is 5.97 Å². The molecule has 5 nitrogen and oxygen atoms in total. The second kappa shape index (κ2) is 17.7. The fraction of sp³-hybridized carbons (Fsp3) is 0.912. The first-order chi connectivity index (χ1) is 18.5. The van der Waals surface area contributed by atoms with Crippen LogP contribution >= 0.6 is 0 Å². The van der Waals surface area contributed by atoms with E-state index in [-0.39, 0.29) is 28.3 Å². The van der Waals surface area contributed by atoms with Gasteiger partial charge in [-0.2, -0.15) is 0 Å². The molecule has 0 aliphatic rings. The first kappa shape index (κ1) is 40.5. The van der Waals surface area contributed by atoms with Crippen molar-refractivity contribution in [2.75, 3.05) is 0 Å². The first-order valence-corrected chi connectivity index (χ1v) is 22.3. The van der Waals surface area contributed by atoms with Gasteiger partial charge in [-0.1, -0.05) is 106 Å². The minimum absolute atomic E-state index is 0.00927. The van der Waals surface area contributed by atoms with Gasteiger partial charge in [-0.15, -0.1) is 0 Å². The molecular weight excluding hydrogens is 545 g/mol. The van der Waals surface area contributed by atoms with Gasteiger partial charge in [0.25, 0.3) is 0 Å². The number of esters is 1. The Kier molecular flexibility index (Phi) is 17.5. The Balaban J connectivity index is 5.34. The molecule has 244 valence electrons. The highest BCUT2D eigenvalue weighted by Gasteiger charge is 2.44. The standard InChI is InChI=1S/C34H70O5Si2/c1-15-16-20-24-29(38-40(11,12)33(5,6)7)30(39-41(13,14)34(8,9)10)27-26-28(35)23-21-18-17-19-22-25-31(36)37-32(2,3)4/h26-30,35H,15-25H2,1-14H3/b27-26+/t28-,29-,30-/m0/s1. The molecule has 7 heteroatoms. The number of hydrogen-bond donors (Lipinski definition) is 1. The minimum atomic E-state index is -2.07. The molecule has 0 unspecified atom stereocenters. The Morgan fingerprint density at radius 3 is 1.71 bits per heavy atom. The molecule has 0 heterocycles. The Hall–Kier alpha value is -0.476. The molecule has 0 spiro atoms. The van der Waals surface area contributed by atoms with E-state index < -0.39 is 28.3 Å². The third kappa shape index (κ3) is 17.4. The van der Waals surface area contributed by atoms with Gasteiger partial charge < -0.3 is 18.7 Å². The van der Waals surface area contributed by atoms with Crippen LogP contribution in [0.5, 0.6) is 0 Å². The van der Waals surface area contributed by atoms with E-state index in [1.165, 1.54) is 12.8 Å². The first-order valence-electron chi connectivity index (χ1n) is 16.5. The highest BCUT2D eigenvalue weighted by Crippen LogP contribution is 2.41. The van der Waals surface area contributed by atoms with Crippen LogP contribution in [-0.4, -0.2) is 51.6 Å². The van der Waals surface area contributed by atoms with Gasteiger partial charge in [0.15, 0.2) is 16.6 Å². The van der Waals surface area contributed by atoms with Gasteiger partial charge in [-0.05, 0) is 76.3 Å². The highest BCUT2D eigenvalue weighted by atomic mass is 28.4. The van der Waals surface area contributed by atoms with Crippen molar-refractivity contribution in [3.05, 3.63) is 12.2 Å². The van der Waals surface area contributed by atoms with Crippen LogP contribution in [0.25, 0.3) is 0 Å². The van der Waals surface area contributed by atoms with Crippen molar-refractivity contribution in [3.8, 4) is 0 Å². The van der Waals surface area contributed by atoms with Crippen LogP contribution < -0.4 is 0 Å². The van der Waals surface area contributed by atoms with Crippen molar-refractivity contribution in [2.45, 2.75) is 200 Å².